The molecule has 6 nitrogen and oxygen atoms in total. The molecule has 20 heavy (non-hydrogen) atoms. The summed E-state index contributed by atoms with van der Waals surface area (Å²) in [5.41, 5.74) is 0. The van der Waals surface area contributed by atoms with E-state index in [2.05, 4.69) is 5.32 Å². The third kappa shape index (κ3) is 6.54. The van der Waals surface area contributed by atoms with E-state index in [0.29, 0.717) is 5.92 Å². The number of hydrogen-bond donors (Lipinski definition) is 1. The topological polar surface area (TPSA) is 109 Å². The van der Waals surface area contributed by atoms with Gasteiger partial charge in [-0.3, -0.25) is 4.79 Å². The van der Waals surface area contributed by atoms with Crippen LogP contribution in [0.1, 0.15) is 57.8 Å². The number of nitrogens with one attached hydrogen (secondary N) is 1. The number of carboxylic acid groups (broad SMARTS) is 2. The van der Waals surface area contributed by atoms with E-state index in [4.69, 9.17) is 0 Å². The molecule has 0 spiro atoms. The lowest BCUT2D eigenvalue weighted by atomic mass is 10.0. The maximum Gasteiger partial charge on any atom is 0.220 e. The van der Waals surface area contributed by atoms with E-state index in [1.807, 2.05) is 0 Å². The number of carbonyl (C=O) groups is 3. The lowest BCUT2D eigenvalue weighted by Gasteiger charge is -2.20. The smallest absolute Gasteiger partial charge is 0.220 e. The first-order chi connectivity index (χ1) is 9.49. The monoisotopic (exact) mass is 283 g/mol. The van der Waals surface area contributed by atoms with E-state index >= 15 is 0 Å². The SMILES string of the molecule is O=C([O-])CC[C@@H](NC(=O)CCCC1CCCC1)C(=O)[O-]. The molecule has 1 saturated carbocycles. The molecule has 6 heteroatoms. The van der Waals surface area contributed by atoms with E-state index in [1.165, 1.54) is 25.7 Å². The summed E-state index contributed by atoms with van der Waals surface area (Å²) in [6, 6.07) is -1.26. The van der Waals surface area contributed by atoms with Gasteiger partial charge in [-0.15, -0.1) is 0 Å². The predicted octanol–water partition coefficient (Wildman–Crippen LogP) is -0.888. The van der Waals surface area contributed by atoms with Crippen LogP contribution in [-0.2, 0) is 14.4 Å². The highest BCUT2D eigenvalue weighted by Crippen LogP contribution is 2.28. The molecule has 1 rings (SSSR count). The normalized spacial score (nSPS) is 16.8. The van der Waals surface area contributed by atoms with Gasteiger partial charge in [-0.05, 0) is 31.6 Å². The molecule has 1 fully saturated rings. The maximum atomic E-state index is 11.6. The van der Waals surface area contributed by atoms with Gasteiger partial charge < -0.3 is 25.1 Å². The lowest BCUT2D eigenvalue weighted by Crippen LogP contribution is -2.48. The Morgan fingerprint density at radius 3 is 2.30 bits per heavy atom. The minimum Gasteiger partial charge on any atom is -0.550 e. The van der Waals surface area contributed by atoms with Crippen LogP contribution in [-0.4, -0.2) is 23.9 Å². The Bertz CT molecular complexity index is 349. The average Bonchev–Trinajstić information content (AvgIpc) is 2.87. The minimum atomic E-state index is -1.46. The second-order valence-corrected chi connectivity index (χ2v) is 5.39. The van der Waals surface area contributed by atoms with Gasteiger partial charge in [0.25, 0.3) is 0 Å². The van der Waals surface area contributed by atoms with Crippen LogP contribution in [0.15, 0.2) is 0 Å². The molecule has 1 aliphatic carbocycles. The molecule has 0 bridgehead atoms. The molecule has 0 aromatic heterocycles. The Labute approximate surface area is 118 Å². The Morgan fingerprint density at radius 2 is 1.75 bits per heavy atom. The standard InChI is InChI=1S/C14H23NO5/c16-12(7-3-6-10-4-1-2-5-10)15-11(14(19)20)8-9-13(17)18/h10-11H,1-9H2,(H,15,16)(H,17,18)(H,19,20)/p-2/t11-/m1/s1. The zero-order chi connectivity index (χ0) is 15.0. The molecule has 0 aliphatic heterocycles. The first-order valence-corrected chi connectivity index (χ1v) is 7.19. The van der Waals surface area contributed by atoms with Crippen molar-refractivity contribution in [3.63, 3.8) is 0 Å². The number of carbonyl (C=O) groups excluding carboxylic acids is 3. The van der Waals surface area contributed by atoms with Crippen LogP contribution in [0.5, 0.6) is 0 Å². The summed E-state index contributed by atoms with van der Waals surface area (Å²) < 4.78 is 0. The highest BCUT2D eigenvalue weighted by molar-refractivity contribution is 5.83. The highest BCUT2D eigenvalue weighted by atomic mass is 16.4. The van der Waals surface area contributed by atoms with Crippen molar-refractivity contribution < 1.29 is 24.6 Å². The molecule has 1 amide bonds. The van der Waals surface area contributed by atoms with Crippen molar-refractivity contribution >= 4 is 17.8 Å². The lowest BCUT2D eigenvalue weighted by molar-refractivity contribution is -0.310. The molecule has 1 aliphatic rings. The summed E-state index contributed by atoms with van der Waals surface area (Å²) in [5, 5.41) is 23.4. The van der Waals surface area contributed by atoms with Gasteiger partial charge in [0.05, 0.1) is 12.0 Å². The van der Waals surface area contributed by atoms with Gasteiger partial charge >= 0.3 is 0 Å². The average molecular weight is 283 g/mol. The van der Waals surface area contributed by atoms with E-state index in [1.54, 1.807) is 0 Å². The summed E-state index contributed by atoms with van der Waals surface area (Å²) in [7, 11) is 0. The number of carboxylic acids is 2. The molecule has 114 valence electrons. The van der Waals surface area contributed by atoms with Crippen LogP contribution in [0.25, 0.3) is 0 Å². The molecule has 0 radical (unpaired) electrons. The Morgan fingerprint density at radius 1 is 1.10 bits per heavy atom. The number of hydrogen-bond acceptors (Lipinski definition) is 5. The van der Waals surface area contributed by atoms with Gasteiger partial charge in [0, 0.05) is 12.4 Å². The van der Waals surface area contributed by atoms with Gasteiger partial charge in [0.15, 0.2) is 0 Å². The van der Waals surface area contributed by atoms with Crippen LogP contribution >= 0.6 is 0 Å². The van der Waals surface area contributed by atoms with Crippen LogP contribution in [0.2, 0.25) is 0 Å². The second-order valence-electron chi connectivity index (χ2n) is 5.39. The fraction of sp³-hybridized carbons (Fsp3) is 0.786. The van der Waals surface area contributed by atoms with E-state index < -0.39 is 24.4 Å². The van der Waals surface area contributed by atoms with Crippen molar-refractivity contribution in [1.29, 1.82) is 0 Å². The van der Waals surface area contributed by atoms with E-state index in [0.717, 1.165) is 12.8 Å². The van der Waals surface area contributed by atoms with E-state index in [9.17, 15) is 24.6 Å². The summed E-state index contributed by atoms with van der Waals surface area (Å²) >= 11 is 0. The van der Waals surface area contributed by atoms with Gasteiger partial charge in [0.1, 0.15) is 0 Å². The molecule has 0 aromatic carbocycles. The second kappa shape index (κ2) is 8.55. The van der Waals surface area contributed by atoms with Crippen molar-refractivity contribution in [3.8, 4) is 0 Å². The predicted molar refractivity (Wildman–Crippen MR) is 67.0 cm³/mol. The summed E-state index contributed by atoms with van der Waals surface area (Å²) in [4.78, 5) is 32.7. The van der Waals surface area contributed by atoms with Crippen molar-refractivity contribution in [2.24, 2.45) is 5.92 Å². The van der Waals surface area contributed by atoms with Crippen LogP contribution in [0, 0.1) is 5.92 Å². The Kier molecular flexibility index (Phi) is 7.04. The Balaban J connectivity index is 2.22. The van der Waals surface area contributed by atoms with Gasteiger partial charge in [-0.25, -0.2) is 0 Å². The van der Waals surface area contributed by atoms with Gasteiger partial charge in [-0.2, -0.15) is 0 Å². The highest BCUT2D eigenvalue weighted by Gasteiger charge is 2.16. The third-order valence-electron chi connectivity index (χ3n) is 3.75. The summed E-state index contributed by atoms with van der Waals surface area (Å²) in [6.07, 6.45) is 6.31. The molecule has 1 atom stereocenters. The third-order valence-corrected chi connectivity index (χ3v) is 3.75. The molecule has 0 unspecified atom stereocenters. The minimum absolute atomic E-state index is 0.209. The van der Waals surface area contributed by atoms with Crippen molar-refractivity contribution in [3.05, 3.63) is 0 Å². The quantitative estimate of drug-likeness (QED) is 0.590. The zero-order valence-electron chi connectivity index (χ0n) is 11.6. The number of amides is 1. The fourth-order valence-electron chi connectivity index (χ4n) is 2.63. The van der Waals surface area contributed by atoms with Crippen LogP contribution < -0.4 is 15.5 Å². The maximum absolute atomic E-state index is 11.6. The molecule has 0 saturated heterocycles. The first kappa shape index (κ1) is 16.5. The largest absolute Gasteiger partial charge is 0.550 e. The van der Waals surface area contributed by atoms with Crippen molar-refractivity contribution in [2.75, 3.05) is 0 Å². The molecular weight excluding hydrogens is 262 g/mol. The molecule has 1 N–H and O–H groups in total. The Hall–Kier alpha value is -1.59. The van der Waals surface area contributed by atoms with Crippen LogP contribution in [0.3, 0.4) is 0 Å². The first-order valence-electron chi connectivity index (χ1n) is 7.19. The number of rotatable bonds is 9. The fourth-order valence-corrected chi connectivity index (χ4v) is 2.63. The molecule has 0 aromatic rings. The van der Waals surface area contributed by atoms with Crippen molar-refractivity contribution in [1.82, 2.24) is 5.32 Å². The summed E-state index contributed by atoms with van der Waals surface area (Å²) in [5.74, 6) is -2.48. The van der Waals surface area contributed by atoms with Gasteiger partial charge in [0.2, 0.25) is 5.91 Å². The number of aliphatic carboxylic acids is 2. The van der Waals surface area contributed by atoms with E-state index in [-0.39, 0.29) is 18.7 Å². The van der Waals surface area contributed by atoms with Gasteiger partial charge in [-0.1, -0.05) is 25.7 Å². The molecular formula is C14H21NO5-2. The summed E-state index contributed by atoms with van der Waals surface area (Å²) in [6.45, 7) is 0. The van der Waals surface area contributed by atoms with Crippen LogP contribution in [0.4, 0.5) is 0 Å². The zero-order valence-corrected chi connectivity index (χ0v) is 11.6. The molecule has 0 heterocycles. The van der Waals surface area contributed by atoms with Crippen molar-refractivity contribution in [2.45, 2.75) is 63.8 Å².